The van der Waals surface area contributed by atoms with E-state index in [1.807, 2.05) is 27.7 Å². The van der Waals surface area contributed by atoms with E-state index >= 15 is 0 Å². The van der Waals surface area contributed by atoms with Gasteiger partial charge in [-0.15, -0.1) is 0 Å². The van der Waals surface area contributed by atoms with Crippen molar-refractivity contribution in [3.8, 4) is 11.5 Å². The van der Waals surface area contributed by atoms with Gasteiger partial charge in [-0.2, -0.15) is 0 Å². The van der Waals surface area contributed by atoms with Gasteiger partial charge in [0.2, 0.25) is 0 Å². The lowest BCUT2D eigenvalue weighted by Gasteiger charge is -2.33. The molecule has 0 spiro atoms. The molecule has 0 aliphatic carbocycles. The topological polar surface area (TPSA) is 91.3 Å². The summed E-state index contributed by atoms with van der Waals surface area (Å²) >= 11 is 0. The van der Waals surface area contributed by atoms with Gasteiger partial charge < -0.3 is 23.1 Å². The van der Waals surface area contributed by atoms with E-state index in [1.165, 1.54) is 18.2 Å². The van der Waals surface area contributed by atoms with Crippen LogP contribution < -0.4 is 4.74 Å². The van der Waals surface area contributed by atoms with Crippen LogP contribution >= 0.6 is 0 Å². The van der Waals surface area contributed by atoms with Gasteiger partial charge >= 0.3 is 14.8 Å². The fourth-order valence-electron chi connectivity index (χ4n) is 3.05. The third kappa shape index (κ3) is 6.24. The van der Waals surface area contributed by atoms with E-state index in [1.54, 1.807) is 37.3 Å². The quantitative estimate of drug-likeness (QED) is 0.237. The first-order valence-corrected chi connectivity index (χ1v) is 12.1. The molecule has 31 heavy (non-hydrogen) atoms. The molecule has 0 saturated carbocycles. The van der Waals surface area contributed by atoms with Crippen molar-refractivity contribution in [1.29, 1.82) is 0 Å². The summed E-state index contributed by atoms with van der Waals surface area (Å²) in [6.45, 7) is 9.61. The monoisotopic (exact) mass is 446 g/mol. The maximum atomic E-state index is 12.9. The number of carbonyl (C=O) groups excluding carboxylic acids is 2. The molecular weight excluding hydrogens is 416 g/mol. The smallest absolute Gasteiger partial charge is 0.507 e. The van der Waals surface area contributed by atoms with Crippen LogP contribution in [0.4, 0.5) is 0 Å². The highest BCUT2D eigenvalue weighted by molar-refractivity contribution is 6.66. The summed E-state index contributed by atoms with van der Waals surface area (Å²) < 4.78 is 23.1. The van der Waals surface area contributed by atoms with Gasteiger partial charge in [-0.25, -0.2) is 0 Å². The van der Waals surface area contributed by atoms with Crippen LogP contribution in [0.1, 0.15) is 50.5 Å². The van der Waals surface area contributed by atoms with Crippen LogP contribution in [0.25, 0.3) is 0 Å². The molecule has 0 fully saturated rings. The van der Waals surface area contributed by atoms with E-state index in [0.717, 1.165) is 0 Å². The SMILES string of the molecule is CCO[Si](OCC)(OC(C)C)C(C)C(=O)Oc1ccc(C(=O)c2ccccc2)c(O)c1. The van der Waals surface area contributed by atoms with Crippen LogP contribution in [0.15, 0.2) is 48.5 Å². The summed E-state index contributed by atoms with van der Waals surface area (Å²) in [4.78, 5) is 25.4. The number of phenolic OH excluding ortho intramolecular Hbond substituents is 1. The number of hydrogen-bond acceptors (Lipinski definition) is 7. The van der Waals surface area contributed by atoms with Crippen molar-refractivity contribution in [2.45, 2.75) is 46.3 Å². The molecule has 0 aliphatic heterocycles. The zero-order chi connectivity index (χ0) is 23.0. The highest BCUT2D eigenvalue weighted by Gasteiger charge is 2.52. The van der Waals surface area contributed by atoms with Crippen LogP contribution in [0.5, 0.6) is 11.5 Å². The molecule has 7 nitrogen and oxygen atoms in total. The van der Waals surface area contributed by atoms with Crippen molar-refractivity contribution in [3.63, 3.8) is 0 Å². The summed E-state index contributed by atoms with van der Waals surface area (Å²) in [5.74, 6) is -1.09. The number of hydrogen-bond donors (Lipinski definition) is 1. The Balaban J connectivity index is 2.21. The van der Waals surface area contributed by atoms with E-state index in [9.17, 15) is 14.7 Å². The number of ether oxygens (including phenoxy) is 1. The lowest BCUT2D eigenvalue weighted by Crippen LogP contribution is -2.53. The van der Waals surface area contributed by atoms with E-state index in [2.05, 4.69) is 0 Å². The minimum Gasteiger partial charge on any atom is -0.507 e. The Hall–Kier alpha value is -2.52. The number of aromatic hydroxyl groups is 1. The minimum absolute atomic E-state index is 0.111. The Labute approximate surface area is 184 Å². The summed E-state index contributed by atoms with van der Waals surface area (Å²) in [6, 6.07) is 12.8. The van der Waals surface area contributed by atoms with Crippen molar-refractivity contribution in [3.05, 3.63) is 59.7 Å². The second kappa shape index (κ2) is 11.2. The van der Waals surface area contributed by atoms with Gasteiger partial charge in [0.05, 0.1) is 5.56 Å². The predicted octanol–water partition coefficient (Wildman–Crippen LogP) is 4.36. The van der Waals surface area contributed by atoms with Gasteiger partial charge in [-0.1, -0.05) is 30.3 Å². The van der Waals surface area contributed by atoms with Gasteiger partial charge in [0.25, 0.3) is 0 Å². The molecule has 0 heterocycles. The maximum absolute atomic E-state index is 12.9. The number of phenols is 1. The molecule has 1 atom stereocenters. The summed E-state index contributed by atoms with van der Waals surface area (Å²) in [5.41, 5.74) is -0.219. The van der Waals surface area contributed by atoms with Gasteiger partial charge in [-0.3, -0.25) is 9.59 Å². The molecule has 0 radical (unpaired) electrons. The predicted molar refractivity (Wildman–Crippen MR) is 118 cm³/mol. The highest BCUT2D eigenvalue weighted by atomic mass is 28.4. The Kier molecular flexibility index (Phi) is 8.94. The van der Waals surface area contributed by atoms with Gasteiger partial charge in [0, 0.05) is 30.9 Å². The lowest BCUT2D eigenvalue weighted by molar-refractivity contribution is -0.135. The standard InChI is InChI=1S/C23H30O7Si/c1-6-27-31(28-7-2,30-16(3)4)17(5)23(26)29-19-13-14-20(21(24)15-19)22(25)18-11-9-8-10-12-18/h8-17,24H,6-7H2,1-5H3. The maximum Gasteiger partial charge on any atom is 0.515 e. The molecule has 0 aliphatic rings. The Bertz CT molecular complexity index is 877. The fraction of sp³-hybridized carbons (Fsp3) is 0.391. The number of benzene rings is 2. The first-order valence-electron chi connectivity index (χ1n) is 10.3. The van der Waals surface area contributed by atoms with Gasteiger partial charge in [0.15, 0.2) is 5.78 Å². The van der Waals surface area contributed by atoms with Crippen LogP contribution in [0.3, 0.4) is 0 Å². The molecule has 0 bridgehead atoms. The van der Waals surface area contributed by atoms with Crippen molar-refractivity contribution in [1.82, 2.24) is 0 Å². The Morgan fingerprint density at radius 1 is 0.968 bits per heavy atom. The third-order valence-electron chi connectivity index (χ3n) is 4.44. The van der Waals surface area contributed by atoms with Crippen LogP contribution in [0, 0.1) is 0 Å². The molecule has 0 amide bonds. The molecule has 168 valence electrons. The van der Waals surface area contributed by atoms with E-state index in [4.69, 9.17) is 18.0 Å². The van der Waals surface area contributed by atoms with Crippen LogP contribution in [0.2, 0.25) is 5.54 Å². The highest BCUT2D eigenvalue weighted by Crippen LogP contribution is 2.31. The van der Waals surface area contributed by atoms with Crippen LogP contribution in [-0.2, 0) is 18.1 Å². The van der Waals surface area contributed by atoms with Gasteiger partial charge in [0.1, 0.15) is 17.0 Å². The summed E-state index contributed by atoms with van der Waals surface area (Å²) in [6.07, 6.45) is -0.202. The fourth-order valence-corrected chi connectivity index (χ4v) is 5.79. The largest absolute Gasteiger partial charge is 0.515 e. The number of rotatable bonds is 11. The minimum atomic E-state index is -3.36. The second-order valence-electron chi connectivity index (χ2n) is 7.15. The average molecular weight is 447 g/mol. The molecule has 8 heteroatoms. The second-order valence-corrected chi connectivity index (χ2v) is 10.0. The molecule has 2 rings (SSSR count). The first kappa shape index (κ1) is 24.7. The molecule has 2 aromatic carbocycles. The van der Waals surface area contributed by atoms with E-state index in [0.29, 0.717) is 18.8 Å². The first-order chi connectivity index (χ1) is 14.7. The van der Waals surface area contributed by atoms with Crippen molar-refractivity contribution in [2.75, 3.05) is 13.2 Å². The lowest BCUT2D eigenvalue weighted by atomic mass is 10.0. The Morgan fingerprint density at radius 3 is 2.10 bits per heavy atom. The number of esters is 1. The summed E-state index contributed by atoms with van der Waals surface area (Å²) in [7, 11) is -3.36. The van der Waals surface area contributed by atoms with E-state index < -0.39 is 20.3 Å². The normalized spacial score (nSPS) is 12.6. The molecular formula is C23H30O7Si. The van der Waals surface area contributed by atoms with E-state index in [-0.39, 0.29) is 28.9 Å². The molecule has 1 unspecified atom stereocenters. The zero-order valence-electron chi connectivity index (χ0n) is 18.6. The van der Waals surface area contributed by atoms with Crippen molar-refractivity contribution in [2.24, 2.45) is 0 Å². The summed E-state index contributed by atoms with van der Waals surface area (Å²) in [5, 5.41) is 10.3. The van der Waals surface area contributed by atoms with Gasteiger partial charge in [-0.05, 0) is 46.8 Å². The molecule has 0 saturated heterocycles. The van der Waals surface area contributed by atoms with Crippen LogP contribution in [-0.4, -0.2) is 45.0 Å². The Morgan fingerprint density at radius 2 is 1.58 bits per heavy atom. The zero-order valence-corrected chi connectivity index (χ0v) is 19.6. The molecule has 2 aromatic rings. The van der Waals surface area contributed by atoms with Crippen molar-refractivity contribution < 1.29 is 32.7 Å². The third-order valence-corrected chi connectivity index (χ3v) is 7.92. The number of carbonyl (C=O) groups is 2. The molecule has 0 aromatic heterocycles. The van der Waals surface area contributed by atoms with Crippen molar-refractivity contribution >= 4 is 20.6 Å². The average Bonchev–Trinajstić information content (AvgIpc) is 2.73. The molecule has 1 N–H and O–H groups in total. The number of ketones is 1.